The average molecular weight is 457 g/mol. The molecule has 27 heavy (non-hydrogen) atoms. The standard InChI is InChI=1S/C17H17BrN2O6S/c18-16-4-3-14(26-16)17(21)19-5-7-20(8-6-19)27(22,23)12-1-2-13-15(11-12)25-10-9-24-13/h1-4,11H,5-10H2. The van der Waals surface area contributed by atoms with Crippen LogP contribution in [0, 0.1) is 0 Å². The van der Waals surface area contributed by atoms with Gasteiger partial charge in [0.25, 0.3) is 5.91 Å². The Morgan fingerprint density at radius 2 is 1.67 bits per heavy atom. The van der Waals surface area contributed by atoms with Gasteiger partial charge < -0.3 is 18.8 Å². The van der Waals surface area contributed by atoms with E-state index in [1.54, 1.807) is 23.1 Å². The summed E-state index contributed by atoms with van der Waals surface area (Å²) in [6.45, 7) is 1.85. The molecule has 0 spiro atoms. The molecule has 0 bridgehead atoms. The first-order chi connectivity index (χ1) is 12.9. The van der Waals surface area contributed by atoms with Crippen molar-refractivity contribution in [3.63, 3.8) is 0 Å². The van der Waals surface area contributed by atoms with Gasteiger partial charge in [0.2, 0.25) is 10.0 Å². The van der Waals surface area contributed by atoms with Gasteiger partial charge in [0.05, 0.1) is 4.90 Å². The molecule has 3 heterocycles. The molecule has 10 heteroatoms. The minimum absolute atomic E-state index is 0.154. The molecule has 0 aliphatic carbocycles. The Labute approximate surface area is 164 Å². The van der Waals surface area contributed by atoms with Gasteiger partial charge in [0.1, 0.15) is 13.2 Å². The largest absolute Gasteiger partial charge is 0.486 e. The van der Waals surface area contributed by atoms with Crippen molar-refractivity contribution < 1.29 is 27.1 Å². The minimum Gasteiger partial charge on any atom is -0.486 e. The summed E-state index contributed by atoms with van der Waals surface area (Å²) in [4.78, 5) is 14.2. The summed E-state index contributed by atoms with van der Waals surface area (Å²) < 4.78 is 43.9. The maximum atomic E-state index is 12.9. The predicted molar refractivity (Wildman–Crippen MR) is 98.5 cm³/mol. The predicted octanol–water partition coefficient (Wildman–Crippen LogP) is 1.96. The molecule has 1 aromatic carbocycles. The van der Waals surface area contributed by atoms with E-state index in [0.29, 0.717) is 42.5 Å². The normalized spacial score (nSPS) is 17.7. The zero-order valence-corrected chi connectivity index (χ0v) is 16.7. The summed E-state index contributed by atoms with van der Waals surface area (Å²) in [6, 6.07) is 7.85. The first kappa shape index (κ1) is 18.3. The van der Waals surface area contributed by atoms with E-state index in [9.17, 15) is 13.2 Å². The molecule has 2 aliphatic rings. The zero-order chi connectivity index (χ0) is 19.0. The summed E-state index contributed by atoms with van der Waals surface area (Å²) in [5, 5.41) is 0. The van der Waals surface area contributed by atoms with Crippen LogP contribution in [0.4, 0.5) is 0 Å². The summed E-state index contributed by atoms with van der Waals surface area (Å²) in [6.07, 6.45) is 0. The van der Waals surface area contributed by atoms with E-state index in [2.05, 4.69) is 15.9 Å². The number of piperazine rings is 1. The molecule has 0 saturated carbocycles. The van der Waals surface area contributed by atoms with Crippen LogP contribution in [0.3, 0.4) is 0 Å². The highest BCUT2D eigenvalue weighted by molar-refractivity contribution is 9.10. The molecule has 2 aliphatic heterocycles. The number of hydrogen-bond acceptors (Lipinski definition) is 6. The number of sulfonamides is 1. The molecule has 8 nitrogen and oxygen atoms in total. The second-order valence-electron chi connectivity index (χ2n) is 6.11. The van der Waals surface area contributed by atoms with Gasteiger partial charge in [0, 0.05) is 32.2 Å². The SMILES string of the molecule is O=C(c1ccc(Br)o1)N1CCN(S(=O)(=O)c2ccc3c(c2)OCCO3)CC1. The second-order valence-corrected chi connectivity index (χ2v) is 8.83. The quantitative estimate of drug-likeness (QED) is 0.701. The van der Waals surface area contributed by atoms with Crippen molar-refractivity contribution in [2.45, 2.75) is 4.90 Å². The lowest BCUT2D eigenvalue weighted by molar-refractivity contribution is 0.0664. The van der Waals surface area contributed by atoms with Crippen LogP contribution in [-0.2, 0) is 10.0 Å². The van der Waals surface area contributed by atoms with Gasteiger partial charge in [-0.25, -0.2) is 8.42 Å². The Bertz CT molecular complexity index is 966. The van der Waals surface area contributed by atoms with E-state index in [-0.39, 0.29) is 29.7 Å². The monoisotopic (exact) mass is 456 g/mol. The van der Waals surface area contributed by atoms with Gasteiger partial charge in [-0.05, 0) is 40.2 Å². The highest BCUT2D eigenvalue weighted by atomic mass is 79.9. The fraction of sp³-hybridized carbons (Fsp3) is 0.353. The number of amides is 1. The molecule has 0 radical (unpaired) electrons. The lowest BCUT2D eigenvalue weighted by atomic mass is 10.3. The molecule has 1 amide bonds. The van der Waals surface area contributed by atoms with E-state index >= 15 is 0 Å². The number of nitrogens with zero attached hydrogens (tertiary/aromatic N) is 2. The summed E-state index contributed by atoms with van der Waals surface area (Å²) >= 11 is 3.17. The van der Waals surface area contributed by atoms with Crippen molar-refractivity contribution >= 4 is 31.9 Å². The highest BCUT2D eigenvalue weighted by Gasteiger charge is 2.32. The molecular formula is C17H17BrN2O6S. The molecule has 1 saturated heterocycles. The summed E-state index contributed by atoms with van der Waals surface area (Å²) in [5.41, 5.74) is 0. The van der Waals surface area contributed by atoms with Crippen LogP contribution in [0.5, 0.6) is 11.5 Å². The molecule has 0 atom stereocenters. The maximum absolute atomic E-state index is 12.9. The van der Waals surface area contributed by atoms with E-state index < -0.39 is 10.0 Å². The molecule has 0 N–H and O–H groups in total. The number of benzene rings is 1. The topological polar surface area (TPSA) is 89.3 Å². The lowest BCUT2D eigenvalue weighted by Gasteiger charge is -2.33. The van der Waals surface area contributed by atoms with Gasteiger partial charge in [-0.15, -0.1) is 0 Å². The third-order valence-corrected chi connectivity index (χ3v) is 6.78. The molecule has 1 aromatic heterocycles. The minimum atomic E-state index is -3.68. The smallest absolute Gasteiger partial charge is 0.289 e. The maximum Gasteiger partial charge on any atom is 0.289 e. The van der Waals surface area contributed by atoms with Crippen molar-refractivity contribution in [1.82, 2.24) is 9.21 Å². The summed E-state index contributed by atoms with van der Waals surface area (Å²) in [7, 11) is -3.68. The Balaban J connectivity index is 1.46. The average Bonchev–Trinajstić information content (AvgIpc) is 3.13. The number of ether oxygens (including phenoxy) is 2. The van der Waals surface area contributed by atoms with Crippen LogP contribution in [0.15, 0.2) is 44.3 Å². The van der Waals surface area contributed by atoms with Gasteiger partial charge in [-0.3, -0.25) is 4.79 Å². The van der Waals surface area contributed by atoms with Crippen LogP contribution >= 0.6 is 15.9 Å². The van der Waals surface area contributed by atoms with E-state index in [4.69, 9.17) is 13.9 Å². The van der Waals surface area contributed by atoms with Crippen LogP contribution in [0.25, 0.3) is 0 Å². The van der Waals surface area contributed by atoms with Gasteiger partial charge in [0.15, 0.2) is 21.9 Å². The molecule has 1 fully saturated rings. The Hall–Kier alpha value is -2.04. The number of furan rings is 1. The number of rotatable bonds is 3. The highest BCUT2D eigenvalue weighted by Crippen LogP contribution is 2.33. The Morgan fingerprint density at radius 3 is 2.33 bits per heavy atom. The molecule has 4 rings (SSSR count). The number of halogens is 1. The van der Waals surface area contributed by atoms with Crippen molar-refractivity contribution in [2.75, 3.05) is 39.4 Å². The zero-order valence-electron chi connectivity index (χ0n) is 14.3. The van der Waals surface area contributed by atoms with Crippen molar-refractivity contribution in [2.24, 2.45) is 0 Å². The van der Waals surface area contributed by atoms with Crippen LogP contribution < -0.4 is 9.47 Å². The Kier molecular flexibility index (Phi) is 4.87. The summed E-state index contributed by atoms with van der Waals surface area (Å²) in [5.74, 6) is 0.946. The van der Waals surface area contributed by atoms with Crippen molar-refractivity contribution in [3.05, 3.63) is 40.8 Å². The Morgan fingerprint density at radius 1 is 0.963 bits per heavy atom. The van der Waals surface area contributed by atoms with Gasteiger partial charge >= 0.3 is 0 Å². The van der Waals surface area contributed by atoms with Gasteiger partial charge in [-0.2, -0.15) is 4.31 Å². The first-order valence-electron chi connectivity index (χ1n) is 8.39. The number of carbonyl (C=O) groups is 1. The molecular weight excluding hydrogens is 440 g/mol. The number of fused-ring (bicyclic) bond motifs is 1. The van der Waals surface area contributed by atoms with Gasteiger partial charge in [-0.1, -0.05) is 0 Å². The third kappa shape index (κ3) is 3.56. The first-order valence-corrected chi connectivity index (χ1v) is 10.6. The number of carbonyl (C=O) groups excluding carboxylic acids is 1. The number of hydrogen-bond donors (Lipinski definition) is 0. The van der Waals surface area contributed by atoms with Crippen molar-refractivity contribution in [1.29, 1.82) is 0 Å². The molecule has 2 aromatic rings. The second kappa shape index (κ2) is 7.17. The lowest BCUT2D eigenvalue weighted by Crippen LogP contribution is -2.50. The van der Waals surface area contributed by atoms with Crippen LogP contribution in [0.1, 0.15) is 10.6 Å². The van der Waals surface area contributed by atoms with E-state index in [1.807, 2.05) is 0 Å². The van der Waals surface area contributed by atoms with Crippen LogP contribution in [-0.4, -0.2) is 62.9 Å². The van der Waals surface area contributed by atoms with E-state index in [1.165, 1.54) is 16.4 Å². The van der Waals surface area contributed by atoms with Crippen molar-refractivity contribution in [3.8, 4) is 11.5 Å². The third-order valence-electron chi connectivity index (χ3n) is 4.46. The van der Waals surface area contributed by atoms with E-state index in [0.717, 1.165) is 0 Å². The fourth-order valence-corrected chi connectivity index (χ4v) is 4.79. The molecule has 0 unspecified atom stereocenters. The molecule has 144 valence electrons. The van der Waals surface area contributed by atoms with Crippen LogP contribution in [0.2, 0.25) is 0 Å². The fourth-order valence-electron chi connectivity index (χ4n) is 3.05.